The van der Waals surface area contributed by atoms with Gasteiger partial charge in [0.25, 0.3) is 0 Å². The minimum atomic E-state index is -1.12. The van der Waals surface area contributed by atoms with Gasteiger partial charge in [0.1, 0.15) is 11.2 Å². The Kier molecular flexibility index (Phi) is 7.04. The highest BCUT2D eigenvalue weighted by Crippen LogP contribution is 2.50. The van der Waals surface area contributed by atoms with E-state index in [1.807, 2.05) is 107 Å². The summed E-state index contributed by atoms with van der Waals surface area (Å²) in [6, 6.07) is 0. The number of carbonyl (C=O) groups is 2. The number of hydrogen-bond acceptors (Lipinski definition) is 4. The molecule has 0 saturated carbocycles. The molecule has 0 spiro atoms. The minimum absolute atomic E-state index is 0.0332. The van der Waals surface area contributed by atoms with Crippen LogP contribution < -0.4 is 0 Å². The summed E-state index contributed by atoms with van der Waals surface area (Å²) in [5.41, 5.74) is -1.10. The average molecular weight is 471 g/mol. The summed E-state index contributed by atoms with van der Waals surface area (Å²) in [6.45, 7) is 24.5. The van der Waals surface area contributed by atoms with Gasteiger partial charge in [-0.25, -0.2) is 0 Å². The molecule has 0 aromatic carbocycles. The SMILES string of the molecule is COC1(C2(OC)C=C(C(C)(C)C)C(=O)C(C(C)(C)C)=C2)C=C(C(C)(C)C)C(=O)C(C(C)(C)C)=C1. The van der Waals surface area contributed by atoms with Crippen LogP contribution >= 0.6 is 0 Å². The number of allylic oxidation sites excluding steroid dienone is 4. The van der Waals surface area contributed by atoms with Crippen molar-refractivity contribution in [2.24, 2.45) is 21.7 Å². The fraction of sp³-hybridized carbons (Fsp3) is 0.667. The van der Waals surface area contributed by atoms with Gasteiger partial charge < -0.3 is 9.47 Å². The minimum Gasteiger partial charge on any atom is -0.366 e. The van der Waals surface area contributed by atoms with Crippen LogP contribution in [-0.2, 0) is 19.1 Å². The maximum atomic E-state index is 13.7. The number of carbonyl (C=O) groups excluding carboxylic acids is 2. The van der Waals surface area contributed by atoms with E-state index < -0.39 is 32.9 Å². The largest absolute Gasteiger partial charge is 0.366 e. The number of rotatable bonds is 3. The molecule has 2 rings (SSSR count). The topological polar surface area (TPSA) is 52.6 Å². The van der Waals surface area contributed by atoms with Crippen molar-refractivity contribution in [1.29, 1.82) is 0 Å². The zero-order valence-electron chi connectivity index (χ0n) is 23.9. The van der Waals surface area contributed by atoms with Crippen LogP contribution in [0.25, 0.3) is 0 Å². The first kappa shape index (κ1) is 28.5. The normalized spacial score (nSPS) is 21.6. The van der Waals surface area contributed by atoms with E-state index in [9.17, 15) is 9.59 Å². The van der Waals surface area contributed by atoms with E-state index in [0.717, 1.165) is 0 Å². The van der Waals surface area contributed by atoms with Crippen molar-refractivity contribution in [1.82, 2.24) is 0 Å². The molecule has 0 bridgehead atoms. The Labute approximate surface area is 207 Å². The van der Waals surface area contributed by atoms with Crippen LogP contribution in [0.3, 0.4) is 0 Å². The van der Waals surface area contributed by atoms with E-state index in [2.05, 4.69) is 0 Å². The standard InChI is InChI=1S/C30H46O4/c1-25(2,3)19-15-29(33-13,16-20(23(19)31)26(4,5)6)30(34-14)17-21(27(7,8)9)24(32)22(18-30)28(10,11)12/h15-18H,1-14H3. The summed E-state index contributed by atoms with van der Waals surface area (Å²) < 4.78 is 12.7. The van der Waals surface area contributed by atoms with Gasteiger partial charge in [0.05, 0.1) is 0 Å². The van der Waals surface area contributed by atoms with Gasteiger partial charge in [0.15, 0.2) is 11.6 Å². The van der Waals surface area contributed by atoms with E-state index >= 15 is 0 Å². The lowest BCUT2D eigenvalue weighted by molar-refractivity contribution is -0.119. The molecule has 0 amide bonds. The fourth-order valence-electron chi connectivity index (χ4n) is 4.73. The van der Waals surface area contributed by atoms with Crippen LogP contribution in [0.2, 0.25) is 0 Å². The summed E-state index contributed by atoms with van der Waals surface area (Å²) in [6.07, 6.45) is 7.71. The molecule has 0 atom stereocenters. The average Bonchev–Trinajstić information content (AvgIpc) is 2.65. The second kappa shape index (κ2) is 8.41. The second-order valence-electron chi connectivity index (χ2n) is 13.9. The van der Waals surface area contributed by atoms with E-state index in [4.69, 9.17) is 9.47 Å². The van der Waals surface area contributed by atoms with Crippen molar-refractivity contribution in [3.8, 4) is 0 Å². The Bertz CT molecular complexity index is 836. The van der Waals surface area contributed by atoms with Crippen LogP contribution in [0, 0.1) is 21.7 Å². The first-order chi connectivity index (χ1) is 15.1. The summed E-state index contributed by atoms with van der Waals surface area (Å²) in [5, 5.41) is 0. The third-order valence-electron chi connectivity index (χ3n) is 6.93. The molecule has 0 unspecified atom stereocenters. The van der Waals surface area contributed by atoms with Gasteiger partial charge in [-0.05, 0) is 46.0 Å². The molecule has 0 aromatic heterocycles. The molecule has 0 N–H and O–H groups in total. The Morgan fingerprint density at radius 1 is 0.471 bits per heavy atom. The third-order valence-corrected chi connectivity index (χ3v) is 6.93. The molecule has 0 aromatic rings. The highest BCUT2D eigenvalue weighted by molar-refractivity contribution is 6.12. The molecular formula is C30H46O4. The van der Waals surface area contributed by atoms with Crippen molar-refractivity contribution >= 4 is 11.6 Å². The highest BCUT2D eigenvalue weighted by atomic mass is 16.5. The van der Waals surface area contributed by atoms with E-state index in [1.165, 1.54) is 0 Å². The van der Waals surface area contributed by atoms with Crippen LogP contribution in [0.1, 0.15) is 83.1 Å². The first-order valence-electron chi connectivity index (χ1n) is 12.2. The summed E-state index contributed by atoms with van der Waals surface area (Å²) in [5.74, 6) is 0.0664. The maximum Gasteiger partial charge on any atom is 0.185 e. The summed E-state index contributed by atoms with van der Waals surface area (Å²) >= 11 is 0. The number of methoxy groups -OCH3 is 2. The van der Waals surface area contributed by atoms with Crippen molar-refractivity contribution < 1.29 is 19.1 Å². The molecule has 2 aliphatic rings. The van der Waals surface area contributed by atoms with Crippen LogP contribution in [0.4, 0.5) is 0 Å². The predicted molar refractivity (Wildman–Crippen MR) is 140 cm³/mol. The Morgan fingerprint density at radius 2 is 0.647 bits per heavy atom. The monoisotopic (exact) mass is 470 g/mol. The smallest absolute Gasteiger partial charge is 0.185 e. The van der Waals surface area contributed by atoms with Gasteiger partial charge in [-0.3, -0.25) is 9.59 Å². The molecule has 34 heavy (non-hydrogen) atoms. The van der Waals surface area contributed by atoms with E-state index in [0.29, 0.717) is 22.3 Å². The van der Waals surface area contributed by atoms with Gasteiger partial charge in [0, 0.05) is 36.5 Å². The molecule has 190 valence electrons. The van der Waals surface area contributed by atoms with Crippen LogP contribution in [-0.4, -0.2) is 37.0 Å². The Balaban J connectivity index is 3.10. The molecular weight excluding hydrogens is 424 g/mol. The van der Waals surface area contributed by atoms with Gasteiger partial charge in [-0.1, -0.05) is 83.1 Å². The number of Topliss-reactive ketones (excluding diaryl/α,β-unsaturated/α-hetero) is 2. The van der Waals surface area contributed by atoms with Crippen molar-refractivity contribution in [3.05, 3.63) is 46.6 Å². The van der Waals surface area contributed by atoms with Gasteiger partial charge in [-0.15, -0.1) is 0 Å². The number of hydrogen-bond donors (Lipinski definition) is 0. The summed E-state index contributed by atoms with van der Waals surface area (Å²) in [7, 11) is 3.30. The molecule has 0 saturated heterocycles. The van der Waals surface area contributed by atoms with Gasteiger partial charge >= 0.3 is 0 Å². The lowest BCUT2D eigenvalue weighted by Gasteiger charge is -2.49. The fourth-order valence-corrected chi connectivity index (χ4v) is 4.73. The lowest BCUT2D eigenvalue weighted by Crippen LogP contribution is -2.57. The molecule has 0 fully saturated rings. The molecule has 4 nitrogen and oxygen atoms in total. The molecule has 0 radical (unpaired) electrons. The second-order valence-corrected chi connectivity index (χ2v) is 13.9. The maximum absolute atomic E-state index is 13.7. The quantitative estimate of drug-likeness (QED) is 0.454. The predicted octanol–water partition coefficient (Wildman–Crippen LogP) is 6.81. The Hall–Kier alpha value is -1.78. The van der Waals surface area contributed by atoms with Crippen LogP contribution in [0.5, 0.6) is 0 Å². The molecule has 4 heteroatoms. The molecule has 2 aliphatic carbocycles. The third kappa shape index (κ3) is 4.81. The summed E-state index contributed by atoms with van der Waals surface area (Å²) in [4.78, 5) is 27.4. The van der Waals surface area contributed by atoms with Gasteiger partial charge in [-0.2, -0.15) is 0 Å². The Morgan fingerprint density at radius 3 is 0.765 bits per heavy atom. The lowest BCUT2D eigenvalue weighted by atomic mass is 9.62. The first-order valence-corrected chi connectivity index (χ1v) is 12.2. The number of ketones is 2. The van der Waals surface area contributed by atoms with E-state index in [-0.39, 0.29) is 11.6 Å². The van der Waals surface area contributed by atoms with Crippen molar-refractivity contribution in [2.45, 2.75) is 94.3 Å². The van der Waals surface area contributed by atoms with Crippen molar-refractivity contribution in [2.75, 3.05) is 14.2 Å². The molecule has 0 heterocycles. The van der Waals surface area contributed by atoms with Crippen LogP contribution in [0.15, 0.2) is 46.6 Å². The molecule has 0 aliphatic heterocycles. The zero-order valence-corrected chi connectivity index (χ0v) is 23.9. The van der Waals surface area contributed by atoms with Crippen molar-refractivity contribution in [3.63, 3.8) is 0 Å². The number of ether oxygens (including phenoxy) is 2. The van der Waals surface area contributed by atoms with E-state index in [1.54, 1.807) is 14.2 Å². The van der Waals surface area contributed by atoms with Gasteiger partial charge in [0.2, 0.25) is 0 Å². The highest BCUT2D eigenvalue weighted by Gasteiger charge is 2.55. The zero-order chi connectivity index (χ0) is 26.7.